The van der Waals surface area contributed by atoms with Gasteiger partial charge in [0.25, 0.3) is 5.91 Å². The number of hydrogen-bond acceptors (Lipinski definition) is 4. The van der Waals surface area contributed by atoms with Gasteiger partial charge < -0.3 is 14.8 Å². The number of urea groups is 1. The van der Waals surface area contributed by atoms with Crippen LogP contribution in [0.2, 0.25) is 0 Å². The van der Waals surface area contributed by atoms with Crippen molar-refractivity contribution in [1.29, 1.82) is 0 Å². The lowest BCUT2D eigenvalue weighted by Gasteiger charge is -2.17. The molecule has 0 aliphatic carbocycles. The minimum Gasteiger partial charge on any atom is -0.493 e. The van der Waals surface area contributed by atoms with Gasteiger partial charge in [0.1, 0.15) is 5.70 Å². The summed E-state index contributed by atoms with van der Waals surface area (Å²) < 4.78 is 12.1. The summed E-state index contributed by atoms with van der Waals surface area (Å²) in [5.74, 6) is 0.733. The Bertz CT molecular complexity index is 928. The highest BCUT2D eigenvalue weighted by atomic mass is 79.9. The fourth-order valence-electron chi connectivity index (χ4n) is 2.74. The predicted octanol–water partition coefficient (Wildman–Crippen LogP) is 4.73. The van der Waals surface area contributed by atoms with E-state index in [9.17, 15) is 9.59 Å². The van der Waals surface area contributed by atoms with Crippen LogP contribution < -0.4 is 19.7 Å². The standard InChI is InChI=1S/C21H21BrN2O4/c1-4-13(2)28-19-16(22)10-14(12-18(19)27-3)11-17-20(25)24(21(26)23-17)15-8-6-5-7-9-15/h5-13H,4H2,1-3H3,(H,23,26). The van der Waals surface area contributed by atoms with Crippen LogP contribution in [0.4, 0.5) is 10.5 Å². The Hall–Kier alpha value is -2.80. The van der Waals surface area contributed by atoms with E-state index in [2.05, 4.69) is 21.2 Å². The topological polar surface area (TPSA) is 67.9 Å². The van der Waals surface area contributed by atoms with Gasteiger partial charge in [-0.2, -0.15) is 0 Å². The molecule has 3 amide bonds. The van der Waals surface area contributed by atoms with Crippen molar-refractivity contribution < 1.29 is 19.1 Å². The Kier molecular flexibility index (Phi) is 6.04. The Morgan fingerprint density at radius 2 is 1.93 bits per heavy atom. The van der Waals surface area contributed by atoms with E-state index >= 15 is 0 Å². The summed E-state index contributed by atoms with van der Waals surface area (Å²) in [4.78, 5) is 26.1. The molecule has 2 aromatic carbocycles. The van der Waals surface area contributed by atoms with Gasteiger partial charge in [-0.25, -0.2) is 9.69 Å². The van der Waals surface area contributed by atoms with E-state index < -0.39 is 11.9 Å². The van der Waals surface area contributed by atoms with E-state index in [1.54, 1.807) is 43.5 Å². The molecule has 1 aliphatic heterocycles. The summed E-state index contributed by atoms with van der Waals surface area (Å²) in [5.41, 5.74) is 1.40. The van der Waals surface area contributed by atoms with E-state index in [0.717, 1.165) is 11.3 Å². The van der Waals surface area contributed by atoms with Gasteiger partial charge in [-0.05, 0) is 65.2 Å². The van der Waals surface area contributed by atoms with E-state index in [4.69, 9.17) is 9.47 Å². The van der Waals surface area contributed by atoms with Gasteiger partial charge in [0.15, 0.2) is 11.5 Å². The first kappa shape index (κ1) is 19.9. The van der Waals surface area contributed by atoms with Crippen LogP contribution in [0, 0.1) is 0 Å². The number of hydrogen-bond donors (Lipinski definition) is 1. The average Bonchev–Trinajstić information content (AvgIpc) is 2.97. The maximum atomic E-state index is 12.7. The quantitative estimate of drug-likeness (QED) is 0.516. The molecule has 0 spiro atoms. The average molecular weight is 445 g/mol. The molecule has 7 heteroatoms. The van der Waals surface area contributed by atoms with Crippen molar-refractivity contribution in [3.8, 4) is 11.5 Å². The van der Waals surface area contributed by atoms with Gasteiger partial charge >= 0.3 is 6.03 Å². The SMILES string of the molecule is CCC(C)Oc1c(Br)cc(C=C2NC(=O)N(c3ccccc3)C2=O)cc1OC. The number of anilines is 1. The highest BCUT2D eigenvalue weighted by molar-refractivity contribution is 9.10. The van der Waals surface area contributed by atoms with E-state index in [1.165, 1.54) is 0 Å². The van der Waals surface area contributed by atoms with Crippen molar-refractivity contribution in [2.75, 3.05) is 12.0 Å². The Morgan fingerprint density at radius 3 is 2.57 bits per heavy atom. The van der Waals surface area contributed by atoms with Gasteiger partial charge in [0, 0.05) is 0 Å². The molecule has 6 nitrogen and oxygen atoms in total. The number of halogens is 1. The van der Waals surface area contributed by atoms with Crippen molar-refractivity contribution in [3.05, 3.63) is 58.2 Å². The van der Waals surface area contributed by atoms with E-state index in [-0.39, 0.29) is 11.8 Å². The highest BCUT2D eigenvalue weighted by Gasteiger charge is 2.34. The molecule has 1 fully saturated rings. The van der Waals surface area contributed by atoms with E-state index in [0.29, 0.717) is 27.2 Å². The molecule has 0 bridgehead atoms. The number of imide groups is 1. The van der Waals surface area contributed by atoms with Crippen molar-refractivity contribution in [2.24, 2.45) is 0 Å². The molecule has 1 atom stereocenters. The Morgan fingerprint density at radius 1 is 1.21 bits per heavy atom. The molecule has 1 heterocycles. The van der Waals surface area contributed by atoms with Gasteiger partial charge in [-0.15, -0.1) is 0 Å². The number of carbonyl (C=O) groups is 2. The number of nitrogens with zero attached hydrogens (tertiary/aromatic N) is 1. The second-order valence-corrected chi connectivity index (χ2v) is 7.19. The number of methoxy groups -OCH3 is 1. The molecule has 146 valence electrons. The zero-order valence-corrected chi connectivity index (χ0v) is 17.4. The first-order valence-corrected chi connectivity index (χ1v) is 9.70. The number of amides is 3. The zero-order valence-electron chi connectivity index (χ0n) is 15.9. The molecular weight excluding hydrogens is 424 g/mol. The third-order valence-corrected chi connectivity index (χ3v) is 4.94. The molecule has 1 N–H and O–H groups in total. The molecule has 0 aromatic heterocycles. The van der Waals surface area contributed by atoms with Crippen LogP contribution in [0.1, 0.15) is 25.8 Å². The van der Waals surface area contributed by atoms with Crippen LogP contribution in [-0.4, -0.2) is 25.2 Å². The number of para-hydroxylation sites is 1. The number of rotatable bonds is 6. The molecule has 1 unspecified atom stereocenters. The normalized spacial score (nSPS) is 16.3. The summed E-state index contributed by atoms with van der Waals surface area (Å²) in [6, 6.07) is 11.9. The molecule has 2 aromatic rings. The van der Waals surface area contributed by atoms with Crippen LogP contribution in [0.15, 0.2) is 52.6 Å². The summed E-state index contributed by atoms with van der Waals surface area (Å²) in [6.07, 6.45) is 2.50. The number of ether oxygens (including phenoxy) is 2. The first-order chi connectivity index (χ1) is 13.4. The Balaban J connectivity index is 1.92. The summed E-state index contributed by atoms with van der Waals surface area (Å²) in [7, 11) is 1.56. The molecule has 28 heavy (non-hydrogen) atoms. The van der Waals surface area contributed by atoms with Gasteiger partial charge in [0.2, 0.25) is 0 Å². The Labute approximate surface area is 172 Å². The summed E-state index contributed by atoms with van der Waals surface area (Å²) in [6.45, 7) is 4.02. The molecule has 0 saturated carbocycles. The van der Waals surface area contributed by atoms with Crippen LogP contribution in [0.25, 0.3) is 6.08 Å². The second-order valence-electron chi connectivity index (χ2n) is 6.34. The number of carbonyl (C=O) groups excluding carboxylic acids is 2. The van der Waals surface area contributed by atoms with Crippen molar-refractivity contribution >= 4 is 39.6 Å². The minimum absolute atomic E-state index is 0.0320. The molecule has 1 aliphatic rings. The number of benzene rings is 2. The monoisotopic (exact) mass is 444 g/mol. The van der Waals surface area contributed by atoms with Gasteiger partial charge in [-0.3, -0.25) is 4.79 Å². The zero-order chi connectivity index (χ0) is 20.3. The third kappa shape index (κ3) is 4.04. The summed E-state index contributed by atoms with van der Waals surface area (Å²) >= 11 is 3.50. The van der Waals surface area contributed by atoms with E-state index in [1.807, 2.05) is 26.0 Å². The summed E-state index contributed by atoms with van der Waals surface area (Å²) in [5, 5.41) is 2.62. The third-order valence-electron chi connectivity index (χ3n) is 4.35. The van der Waals surface area contributed by atoms with Crippen LogP contribution >= 0.6 is 15.9 Å². The molecule has 3 rings (SSSR count). The molecule has 0 radical (unpaired) electrons. The van der Waals surface area contributed by atoms with Crippen LogP contribution in [0.3, 0.4) is 0 Å². The molecular formula is C21H21BrN2O4. The van der Waals surface area contributed by atoms with Crippen molar-refractivity contribution in [2.45, 2.75) is 26.4 Å². The van der Waals surface area contributed by atoms with Crippen molar-refractivity contribution in [1.82, 2.24) is 5.32 Å². The maximum Gasteiger partial charge on any atom is 0.333 e. The highest BCUT2D eigenvalue weighted by Crippen LogP contribution is 2.38. The van der Waals surface area contributed by atoms with Crippen LogP contribution in [-0.2, 0) is 4.79 Å². The van der Waals surface area contributed by atoms with Crippen LogP contribution in [0.5, 0.6) is 11.5 Å². The fraction of sp³-hybridized carbons (Fsp3) is 0.238. The lowest BCUT2D eigenvalue weighted by atomic mass is 10.1. The minimum atomic E-state index is -0.481. The predicted molar refractivity (Wildman–Crippen MR) is 112 cm³/mol. The lowest BCUT2D eigenvalue weighted by molar-refractivity contribution is -0.113. The van der Waals surface area contributed by atoms with Gasteiger partial charge in [0.05, 0.1) is 23.4 Å². The first-order valence-electron chi connectivity index (χ1n) is 8.91. The van der Waals surface area contributed by atoms with Gasteiger partial charge in [-0.1, -0.05) is 25.1 Å². The lowest BCUT2D eigenvalue weighted by Crippen LogP contribution is -2.30. The largest absolute Gasteiger partial charge is 0.493 e. The second kappa shape index (κ2) is 8.48. The smallest absolute Gasteiger partial charge is 0.333 e. The number of nitrogens with one attached hydrogen (secondary N) is 1. The fourth-order valence-corrected chi connectivity index (χ4v) is 3.29. The maximum absolute atomic E-state index is 12.7. The molecule has 1 saturated heterocycles. The van der Waals surface area contributed by atoms with Crippen molar-refractivity contribution in [3.63, 3.8) is 0 Å².